The molecule has 1 aliphatic rings. The van der Waals surface area contributed by atoms with Crippen LogP contribution in [0.5, 0.6) is 0 Å². The summed E-state index contributed by atoms with van der Waals surface area (Å²) >= 11 is 0. The summed E-state index contributed by atoms with van der Waals surface area (Å²) < 4.78 is 11.4. The largest absolute Gasteiger partial charge is 0.465 e. The molecule has 4 atom stereocenters. The van der Waals surface area contributed by atoms with Crippen molar-refractivity contribution >= 4 is 11.9 Å². The second kappa shape index (κ2) is 23.8. The minimum atomic E-state index is -0.359. The summed E-state index contributed by atoms with van der Waals surface area (Å²) in [5, 5.41) is 0. The Labute approximate surface area is 236 Å². The quantitative estimate of drug-likeness (QED) is 0.0909. The van der Waals surface area contributed by atoms with Gasteiger partial charge < -0.3 is 9.47 Å². The van der Waals surface area contributed by atoms with Crippen LogP contribution in [0.2, 0.25) is 0 Å². The molecule has 0 aromatic heterocycles. The second-order valence-corrected chi connectivity index (χ2v) is 12.3. The van der Waals surface area contributed by atoms with E-state index in [9.17, 15) is 9.59 Å². The lowest BCUT2D eigenvalue weighted by Gasteiger charge is -2.37. The zero-order valence-corrected chi connectivity index (χ0v) is 25.9. The van der Waals surface area contributed by atoms with Gasteiger partial charge in [-0.3, -0.25) is 9.59 Å². The van der Waals surface area contributed by atoms with E-state index in [0.717, 1.165) is 38.5 Å². The van der Waals surface area contributed by atoms with Crippen LogP contribution in [0.4, 0.5) is 0 Å². The van der Waals surface area contributed by atoms with Crippen molar-refractivity contribution in [3.63, 3.8) is 0 Å². The minimum absolute atomic E-state index is 0.168. The number of hydrogen-bond donors (Lipinski definition) is 0. The Morgan fingerprint density at radius 1 is 0.474 bits per heavy atom. The highest BCUT2D eigenvalue weighted by molar-refractivity contribution is 5.82. The molecule has 0 heterocycles. The fourth-order valence-electron chi connectivity index (χ4n) is 6.07. The zero-order valence-electron chi connectivity index (χ0n) is 25.9. The maximum atomic E-state index is 13.1. The average molecular weight is 537 g/mol. The van der Waals surface area contributed by atoms with Gasteiger partial charge in [0, 0.05) is 0 Å². The van der Waals surface area contributed by atoms with Gasteiger partial charge in [0.05, 0.1) is 25.0 Å². The minimum Gasteiger partial charge on any atom is -0.465 e. The van der Waals surface area contributed by atoms with Gasteiger partial charge in [0.15, 0.2) is 0 Å². The van der Waals surface area contributed by atoms with E-state index in [-0.39, 0.29) is 35.6 Å². The number of carbonyl (C=O) groups excluding carboxylic acids is 2. The Bertz CT molecular complexity index is 525. The number of rotatable bonds is 24. The van der Waals surface area contributed by atoms with E-state index in [0.29, 0.717) is 13.2 Å². The van der Waals surface area contributed by atoms with Crippen LogP contribution >= 0.6 is 0 Å². The Kier molecular flexibility index (Phi) is 21.9. The Balaban J connectivity index is 2.24. The van der Waals surface area contributed by atoms with Crippen LogP contribution < -0.4 is 0 Å². The van der Waals surface area contributed by atoms with Crippen LogP contribution in [0.25, 0.3) is 0 Å². The van der Waals surface area contributed by atoms with Crippen LogP contribution in [-0.4, -0.2) is 25.2 Å². The van der Waals surface area contributed by atoms with Crippen LogP contribution in [0.15, 0.2) is 0 Å². The highest BCUT2D eigenvalue weighted by Gasteiger charge is 2.45. The first-order chi connectivity index (χ1) is 18.5. The lowest BCUT2D eigenvalue weighted by molar-refractivity contribution is -0.168. The standard InChI is InChI=1S/C34H64O4/c1-5-7-9-11-13-15-17-19-21-23-27-37-33(35)31-29(3)25-26-30(4)32(31)34(36)38-28-24-22-20-18-16-14-12-10-8-6-2/h29-32H,5-28H2,1-4H3. The molecule has 0 aromatic rings. The Morgan fingerprint density at radius 2 is 0.737 bits per heavy atom. The Morgan fingerprint density at radius 3 is 1.03 bits per heavy atom. The van der Waals surface area contributed by atoms with Crippen molar-refractivity contribution in [2.45, 2.75) is 169 Å². The van der Waals surface area contributed by atoms with Gasteiger partial charge in [-0.25, -0.2) is 0 Å². The fraction of sp³-hybridized carbons (Fsp3) is 0.941. The zero-order chi connectivity index (χ0) is 27.8. The van der Waals surface area contributed by atoms with Crippen molar-refractivity contribution < 1.29 is 19.1 Å². The molecular weight excluding hydrogens is 472 g/mol. The van der Waals surface area contributed by atoms with Crippen LogP contribution in [0.1, 0.15) is 169 Å². The van der Waals surface area contributed by atoms with Gasteiger partial charge in [-0.05, 0) is 37.5 Å². The van der Waals surface area contributed by atoms with Gasteiger partial charge in [0.25, 0.3) is 0 Å². The van der Waals surface area contributed by atoms with Crippen LogP contribution in [0, 0.1) is 23.7 Å². The van der Waals surface area contributed by atoms with Crippen molar-refractivity contribution in [3.8, 4) is 0 Å². The highest BCUT2D eigenvalue weighted by atomic mass is 16.5. The summed E-state index contributed by atoms with van der Waals surface area (Å²) in [6, 6.07) is 0. The maximum absolute atomic E-state index is 13.1. The van der Waals surface area contributed by atoms with Gasteiger partial charge in [0.2, 0.25) is 0 Å². The van der Waals surface area contributed by atoms with E-state index in [1.54, 1.807) is 0 Å². The van der Waals surface area contributed by atoms with E-state index < -0.39 is 0 Å². The van der Waals surface area contributed by atoms with Crippen molar-refractivity contribution in [1.82, 2.24) is 0 Å². The van der Waals surface area contributed by atoms with Crippen molar-refractivity contribution in [2.24, 2.45) is 23.7 Å². The smallest absolute Gasteiger partial charge is 0.310 e. The number of hydrogen-bond acceptors (Lipinski definition) is 4. The molecule has 0 amide bonds. The number of unbranched alkanes of at least 4 members (excludes halogenated alkanes) is 18. The predicted molar refractivity (Wildman–Crippen MR) is 160 cm³/mol. The van der Waals surface area contributed by atoms with E-state index in [1.807, 2.05) is 0 Å². The summed E-state index contributed by atoms with van der Waals surface area (Å²) in [7, 11) is 0. The summed E-state index contributed by atoms with van der Waals surface area (Å²) in [4.78, 5) is 26.1. The summed E-state index contributed by atoms with van der Waals surface area (Å²) in [5.74, 6) is -0.742. The molecule has 4 unspecified atom stereocenters. The third kappa shape index (κ3) is 16.1. The van der Waals surface area contributed by atoms with Crippen molar-refractivity contribution in [1.29, 1.82) is 0 Å². The molecule has 0 N–H and O–H groups in total. The molecule has 1 aliphatic carbocycles. The third-order valence-corrected chi connectivity index (χ3v) is 8.72. The fourth-order valence-corrected chi connectivity index (χ4v) is 6.07. The molecule has 1 fully saturated rings. The van der Waals surface area contributed by atoms with Gasteiger partial charge >= 0.3 is 11.9 Å². The van der Waals surface area contributed by atoms with Gasteiger partial charge in [-0.15, -0.1) is 0 Å². The number of carbonyl (C=O) groups is 2. The normalized spacial score (nSPS) is 21.4. The van der Waals surface area contributed by atoms with Gasteiger partial charge in [-0.2, -0.15) is 0 Å². The molecule has 38 heavy (non-hydrogen) atoms. The highest BCUT2D eigenvalue weighted by Crippen LogP contribution is 2.40. The monoisotopic (exact) mass is 536 g/mol. The molecular formula is C34H64O4. The van der Waals surface area contributed by atoms with Gasteiger partial charge in [-0.1, -0.05) is 143 Å². The predicted octanol–water partition coefficient (Wildman–Crippen LogP) is 10.2. The molecule has 0 saturated heterocycles. The van der Waals surface area contributed by atoms with E-state index in [4.69, 9.17) is 9.47 Å². The molecule has 4 nitrogen and oxygen atoms in total. The third-order valence-electron chi connectivity index (χ3n) is 8.72. The van der Waals surface area contributed by atoms with E-state index >= 15 is 0 Å². The summed E-state index contributed by atoms with van der Waals surface area (Å²) in [5.41, 5.74) is 0. The molecule has 1 saturated carbocycles. The molecule has 0 bridgehead atoms. The van der Waals surface area contributed by atoms with Crippen LogP contribution in [0.3, 0.4) is 0 Å². The lowest BCUT2D eigenvalue weighted by Crippen LogP contribution is -2.43. The van der Waals surface area contributed by atoms with E-state index in [1.165, 1.54) is 103 Å². The summed E-state index contributed by atoms with van der Waals surface area (Å²) in [6.07, 6.45) is 27.2. The first-order valence-corrected chi connectivity index (χ1v) is 16.9. The lowest BCUT2D eigenvalue weighted by atomic mass is 9.67. The molecule has 4 heteroatoms. The molecule has 224 valence electrons. The Hall–Kier alpha value is -1.06. The molecule has 0 aromatic carbocycles. The molecule has 0 aliphatic heterocycles. The maximum Gasteiger partial charge on any atom is 0.310 e. The first-order valence-electron chi connectivity index (χ1n) is 16.9. The second-order valence-electron chi connectivity index (χ2n) is 12.3. The average Bonchev–Trinajstić information content (AvgIpc) is 2.91. The molecule has 0 radical (unpaired) electrons. The molecule has 0 spiro atoms. The topological polar surface area (TPSA) is 52.6 Å². The first kappa shape index (κ1) is 35.0. The number of ether oxygens (including phenoxy) is 2. The van der Waals surface area contributed by atoms with Crippen molar-refractivity contribution in [3.05, 3.63) is 0 Å². The summed E-state index contributed by atoms with van der Waals surface area (Å²) in [6.45, 7) is 9.67. The van der Waals surface area contributed by atoms with Crippen LogP contribution in [-0.2, 0) is 19.1 Å². The van der Waals surface area contributed by atoms with Crippen molar-refractivity contribution in [2.75, 3.05) is 13.2 Å². The molecule has 1 rings (SSSR count). The number of esters is 2. The van der Waals surface area contributed by atoms with E-state index in [2.05, 4.69) is 27.7 Å². The SMILES string of the molecule is CCCCCCCCCCCCOC(=O)C1C(C)CCC(C)C1C(=O)OCCCCCCCCCCCC. The van der Waals surface area contributed by atoms with Gasteiger partial charge in [0.1, 0.15) is 0 Å².